The average Bonchev–Trinajstić information content (AvgIpc) is 2.41. The molecule has 1 heterocycles. The predicted molar refractivity (Wildman–Crippen MR) is 39.9 cm³/mol. The van der Waals surface area contributed by atoms with Gasteiger partial charge in [0.1, 0.15) is 0 Å². The molecular weight excluding hydrogens is 144 g/mol. The van der Waals surface area contributed by atoms with Gasteiger partial charge in [-0.25, -0.2) is 0 Å². The van der Waals surface area contributed by atoms with Gasteiger partial charge in [0.2, 0.25) is 0 Å². The van der Waals surface area contributed by atoms with Crippen molar-refractivity contribution in [3.63, 3.8) is 0 Å². The number of hydrogen-bond acceptors (Lipinski definition) is 3. The highest BCUT2D eigenvalue weighted by atomic mass is 16.5. The van der Waals surface area contributed by atoms with Crippen LogP contribution in [0.2, 0.25) is 0 Å². The molecule has 0 spiro atoms. The lowest BCUT2D eigenvalue weighted by Gasteiger charge is -1.93. The Morgan fingerprint density at radius 2 is 1.82 bits per heavy atom. The smallest absolute Gasteiger partial charge is 0.0666 e. The zero-order valence-corrected chi connectivity index (χ0v) is 6.76. The summed E-state index contributed by atoms with van der Waals surface area (Å²) in [6.45, 7) is 6.48. The maximum atomic E-state index is 9.49. The SMILES string of the molecule is C1CCOC1.C=C(C)C(=O)[O-]. The summed E-state index contributed by atoms with van der Waals surface area (Å²) in [6.07, 6.45) is 2.56. The molecule has 1 aliphatic heterocycles. The van der Waals surface area contributed by atoms with Gasteiger partial charge in [-0.15, -0.1) is 0 Å². The monoisotopic (exact) mass is 157 g/mol. The molecule has 1 rings (SSSR count). The van der Waals surface area contributed by atoms with E-state index >= 15 is 0 Å². The lowest BCUT2D eigenvalue weighted by atomic mass is 10.4. The second kappa shape index (κ2) is 5.92. The lowest BCUT2D eigenvalue weighted by Crippen LogP contribution is -2.22. The zero-order valence-electron chi connectivity index (χ0n) is 6.76. The van der Waals surface area contributed by atoms with Gasteiger partial charge in [0.15, 0.2) is 0 Å². The molecule has 0 aromatic carbocycles. The van der Waals surface area contributed by atoms with E-state index < -0.39 is 5.97 Å². The van der Waals surface area contributed by atoms with Gasteiger partial charge in [-0.3, -0.25) is 0 Å². The number of rotatable bonds is 1. The molecule has 0 bridgehead atoms. The molecule has 0 amide bonds. The maximum absolute atomic E-state index is 9.49. The van der Waals surface area contributed by atoms with Crippen molar-refractivity contribution in [1.82, 2.24) is 0 Å². The summed E-state index contributed by atoms with van der Waals surface area (Å²) in [7, 11) is 0. The molecule has 1 aliphatic rings. The normalized spacial score (nSPS) is 15.0. The number of carbonyl (C=O) groups excluding carboxylic acids is 1. The van der Waals surface area contributed by atoms with Crippen LogP contribution in [0.25, 0.3) is 0 Å². The molecule has 0 N–H and O–H groups in total. The minimum absolute atomic E-state index is 0.0648. The van der Waals surface area contributed by atoms with Crippen LogP contribution in [-0.4, -0.2) is 19.2 Å². The van der Waals surface area contributed by atoms with Crippen LogP contribution in [0.3, 0.4) is 0 Å². The molecule has 11 heavy (non-hydrogen) atoms. The number of carboxylic acid groups (broad SMARTS) is 1. The molecule has 0 aliphatic carbocycles. The standard InChI is InChI=1S/C4H6O2.C4H8O/c1-3(2)4(5)6;1-2-4-5-3-1/h1H2,2H3,(H,5,6);1-4H2/p-1. The molecule has 1 fully saturated rings. The van der Waals surface area contributed by atoms with Crippen molar-refractivity contribution in [1.29, 1.82) is 0 Å². The van der Waals surface area contributed by atoms with Crippen molar-refractivity contribution in [2.75, 3.05) is 13.2 Å². The van der Waals surface area contributed by atoms with E-state index in [0.29, 0.717) is 0 Å². The fourth-order valence-corrected chi connectivity index (χ4v) is 0.510. The maximum Gasteiger partial charge on any atom is 0.0666 e. The molecule has 0 saturated carbocycles. The van der Waals surface area contributed by atoms with Gasteiger partial charge >= 0.3 is 0 Å². The topological polar surface area (TPSA) is 49.4 Å². The molecule has 0 aromatic rings. The Kier molecular flexibility index (Phi) is 5.47. The highest BCUT2D eigenvalue weighted by molar-refractivity contribution is 5.82. The molecular formula is C8H13O3-. The summed E-state index contributed by atoms with van der Waals surface area (Å²) >= 11 is 0. The van der Waals surface area contributed by atoms with Gasteiger partial charge < -0.3 is 14.6 Å². The first-order chi connectivity index (χ1) is 5.14. The van der Waals surface area contributed by atoms with E-state index in [2.05, 4.69) is 6.58 Å². The van der Waals surface area contributed by atoms with Gasteiger partial charge in [-0.1, -0.05) is 6.58 Å². The molecule has 3 nitrogen and oxygen atoms in total. The molecule has 64 valence electrons. The van der Waals surface area contributed by atoms with Crippen molar-refractivity contribution in [2.24, 2.45) is 0 Å². The van der Waals surface area contributed by atoms with E-state index in [1.807, 2.05) is 0 Å². The summed E-state index contributed by atoms with van der Waals surface area (Å²) in [6, 6.07) is 0. The predicted octanol–water partition coefficient (Wildman–Crippen LogP) is 0.109. The fourth-order valence-electron chi connectivity index (χ4n) is 0.510. The number of aliphatic carboxylic acids is 1. The second-order valence-electron chi connectivity index (χ2n) is 2.39. The number of carbonyl (C=O) groups is 1. The first-order valence-corrected chi connectivity index (χ1v) is 3.59. The lowest BCUT2D eigenvalue weighted by molar-refractivity contribution is -0.299. The Balaban J connectivity index is 0.000000183. The first kappa shape index (κ1) is 10.2. The van der Waals surface area contributed by atoms with Crippen LogP contribution in [-0.2, 0) is 9.53 Å². The van der Waals surface area contributed by atoms with E-state index in [1.165, 1.54) is 19.8 Å². The summed E-state index contributed by atoms with van der Waals surface area (Å²) in [5.74, 6) is -1.19. The molecule has 0 atom stereocenters. The van der Waals surface area contributed by atoms with E-state index in [-0.39, 0.29) is 5.57 Å². The van der Waals surface area contributed by atoms with Crippen LogP contribution in [0.5, 0.6) is 0 Å². The highest BCUT2D eigenvalue weighted by Crippen LogP contribution is 1.98. The Morgan fingerprint density at radius 3 is 1.91 bits per heavy atom. The largest absolute Gasteiger partial charge is 0.545 e. The Bertz CT molecular complexity index is 117. The van der Waals surface area contributed by atoms with Crippen LogP contribution in [0.1, 0.15) is 19.8 Å². The summed E-state index contributed by atoms with van der Waals surface area (Å²) in [4.78, 5) is 9.49. The fraction of sp³-hybridized carbons (Fsp3) is 0.625. The number of ether oxygens (including phenoxy) is 1. The van der Waals surface area contributed by atoms with Crippen LogP contribution in [0, 0.1) is 0 Å². The molecule has 0 radical (unpaired) electrons. The van der Waals surface area contributed by atoms with E-state index in [9.17, 15) is 9.90 Å². The Labute approximate surface area is 66.7 Å². The van der Waals surface area contributed by atoms with Crippen LogP contribution < -0.4 is 5.11 Å². The van der Waals surface area contributed by atoms with Gasteiger partial charge in [0.25, 0.3) is 0 Å². The van der Waals surface area contributed by atoms with Crippen LogP contribution in [0.4, 0.5) is 0 Å². The van der Waals surface area contributed by atoms with E-state index in [4.69, 9.17) is 4.74 Å². The molecule has 0 aromatic heterocycles. The summed E-state index contributed by atoms with van der Waals surface area (Å²) in [5, 5.41) is 9.49. The average molecular weight is 157 g/mol. The quantitative estimate of drug-likeness (QED) is 0.507. The molecule has 1 saturated heterocycles. The third-order valence-electron chi connectivity index (χ3n) is 1.18. The van der Waals surface area contributed by atoms with E-state index in [0.717, 1.165) is 13.2 Å². The minimum Gasteiger partial charge on any atom is -0.545 e. The minimum atomic E-state index is -1.19. The number of carboxylic acids is 1. The molecule has 0 unspecified atom stereocenters. The second-order valence-corrected chi connectivity index (χ2v) is 2.39. The van der Waals surface area contributed by atoms with Crippen molar-refractivity contribution in [3.05, 3.63) is 12.2 Å². The highest BCUT2D eigenvalue weighted by Gasteiger charge is 1.94. The van der Waals surface area contributed by atoms with Gasteiger partial charge in [-0.2, -0.15) is 0 Å². The van der Waals surface area contributed by atoms with Crippen molar-refractivity contribution in [3.8, 4) is 0 Å². The van der Waals surface area contributed by atoms with Crippen LogP contribution >= 0.6 is 0 Å². The third-order valence-corrected chi connectivity index (χ3v) is 1.18. The molecule has 3 heteroatoms. The van der Waals surface area contributed by atoms with Crippen molar-refractivity contribution >= 4 is 5.97 Å². The van der Waals surface area contributed by atoms with E-state index in [1.54, 1.807) is 0 Å². The van der Waals surface area contributed by atoms with Gasteiger partial charge in [0.05, 0.1) is 5.97 Å². The Morgan fingerprint density at radius 1 is 1.45 bits per heavy atom. The van der Waals surface area contributed by atoms with Gasteiger partial charge in [-0.05, 0) is 25.3 Å². The zero-order chi connectivity index (χ0) is 8.69. The Hall–Kier alpha value is -0.830. The first-order valence-electron chi connectivity index (χ1n) is 3.59. The summed E-state index contributed by atoms with van der Waals surface area (Å²) in [5.41, 5.74) is 0.0648. The van der Waals surface area contributed by atoms with Gasteiger partial charge in [0, 0.05) is 13.2 Å². The third kappa shape index (κ3) is 7.06. The van der Waals surface area contributed by atoms with Crippen molar-refractivity contribution in [2.45, 2.75) is 19.8 Å². The summed E-state index contributed by atoms with van der Waals surface area (Å²) < 4.78 is 4.94. The van der Waals surface area contributed by atoms with Crippen LogP contribution in [0.15, 0.2) is 12.2 Å². The number of hydrogen-bond donors (Lipinski definition) is 0. The van der Waals surface area contributed by atoms with Crippen molar-refractivity contribution < 1.29 is 14.6 Å².